The molecule has 0 aromatic heterocycles. The Morgan fingerprint density at radius 1 is 1.13 bits per heavy atom. The molecule has 0 bridgehead atoms. The summed E-state index contributed by atoms with van der Waals surface area (Å²) >= 11 is 0. The summed E-state index contributed by atoms with van der Waals surface area (Å²) in [5.41, 5.74) is 0.889. The molecular formula is C18H27N3O2. The summed E-state index contributed by atoms with van der Waals surface area (Å²) < 4.78 is 0. The van der Waals surface area contributed by atoms with Gasteiger partial charge in [0.25, 0.3) is 0 Å². The van der Waals surface area contributed by atoms with E-state index < -0.39 is 0 Å². The first-order chi connectivity index (χ1) is 11.2. The molecule has 0 unspecified atom stereocenters. The molecule has 0 radical (unpaired) electrons. The van der Waals surface area contributed by atoms with Gasteiger partial charge in [0.05, 0.1) is 0 Å². The van der Waals surface area contributed by atoms with Crippen molar-refractivity contribution < 1.29 is 9.59 Å². The lowest BCUT2D eigenvalue weighted by Crippen LogP contribution is -2.43. The Morgan fingerprint density at radius 3 is 2.52 bits per heavy atom. The summed E-state index contributed by atoms with van der Waals surface area (Å²) in [5, 5.41) is 5.85. The number of benzene rings is 1. The zero-order chi connectivity index (χ0) is 16.5. The molecule has 23 heavy (non-hydrogen) atoms. The maximum Gasteiger partial charge on any atom is 0.315 e. The Bertz CT molecular complexity index is 498. The SMILES string of the molecule is CN(C(=O)CCCNC(=O)NC1CCCCC1)c1ccccc1. The van der Waals surface area contributed by atoms with Crippen molar-refractivity contribution >= 4 is 17.6 Å². The van der Waals surface area contributed by atoms with Crippen LogP contribution in [0.5, 0.6) is 0 Å². The molecule has 1 fully saturated rings. The van der Waals surface area contributed by atoms with Crippen LogP contribution in [0.15, 0.2) is 30.3 Å². The Kier molecular flexibility index (Phi) is 6.91. The van der Waals surface area contributed by atoms with E-state index in [0.29, 0.717) is 25.4 Å². The molecule has 0 spiro atoms. The number of nitrogens with one attached hydrogen (secondary N) is 2. The van der Waals surface area contributed by atoms with Crippen molar-refractivity contribution in [1.29, 1.82) is 0 Å². The monoisotopic (exact) mass is 317 g/mol. The Morgan fingerprint density at radius 2 is 1.83 bits per heavy atom. The van der Waals surface area contributed by atoms with E-state index >= 15 is 0 Å². The molecule has 1 aromatic carbocycles. The van der Waals surface area contributed by atoms with Crippen LogP contribution in [0.25, 0.3) is 0 Å². The fourth-order valence-electron chi connectivity index (χ4n) is 2.89. The molecule has 1 saturated carbocycles. The van der Waals surface area contributed by atoms with Crippen LogP contribution in [0.4, 0.5) is 10.5 Å². The summed E-state index contributed by atoms with van der Waals surface area (Å²) in [6.07, 6.45) is 6.90. The number of carbonyl (C=O) groups is 2. The van der Waals surface area contributed by atoms with Crippen LogP contribution in [0.3, 0.4) is 0 Å². The van der Waals surface area contributed by atoms with E-state index in [1.165, 1.54) is 19.3 Å². The lowest BCUT2D eigenvalue weighted by Gasteiger charge is -2.23. The molecule has 2 rings (SSSR count). The highest BCUT2D eigenvalue weighted by Crippen LogP contribution is 2.17. The molecule has 3 amide bonds. The second-order valence-corrected chi connectivity index (χ2v) is 6.13. The Balaban J connectivity index is 1.61. The van der Waals surface area contributed by atoms with Crippen LogP contribution in [-0.4, -0.2) is 31.6 Å². The van der Waals surface area contributed by atoms with Crippen LogP contribution in [0.2, 0.25) is 0 Å². The first-order valence-corrected chi connectivity index (χ1v) is 8.53. The zero-order valence-electron chi connectivity index (χ0n) is 13.9. The van der Waals surface area contributed by atoms with Crippen LogP contribution < -0.4 is 15.5 Å². The summed E-state index contributed by atoms with van der Waals surface area (Å²) in [5.74, 6) is 0.0608. The lowest BCUT2D eigenvalue weighted by atomic mass is 9.96. The highest BCUT2D eigenvalue weighted by molar-refractivity contribution is 5.92. The van der Waals surface area contributed by atoms with Crippen LogP contribution in [0, 0.1) is 0 Å². The number of anilines is 1. The van der Waals surface area contributed by atoms with Gasteiger partial charge < -0.3 is 15.5 Å². The van der Waals surface area contributed by atoms with E-state index in [-0.39, 0.29) is 11.9 Å². The molecular weight excluding hydrogens is 290 g/mol. The summed E-state index contributed by atoms with van der Waals surface area (Å²) in [6, 6.07) is 9.78. The van der Waals surface area contributed by atoms with Crippen molar-refractivity contribution in [2.24, 2.45) is 0 Å². The number of hydrogen-bond acceptors (Lipinski definition) is 2. The van der Waals surface area contributed by atoms with E-state index in [4.69, 9.17) is 0 Å². The van der Waals surface area contributed by atoms with Gasteiger partial charge in [-0.3, -0.25) is 4.79 Å². The number of urea groups is 1. The predicted octanol–water partition coefficient (Wildman–Crippen LogP) is 3.06. The fourth-order valence-corrected chi connectivity index (χ4v) is 2.89. The minimum absolute atomic E-state index is 0.0608. The van der Waals surface area contributed by atoms with Gasteiger partial charge >= 0.3 is 6.03 Å². The molecule has 0 aliphatic heterocycles. The van der Waals surface area contributed by atoms with Gasteiger partial charge in [0.15, 0.2) is 0 Å². The molecule has 0 heterocycles. The molecule has 0 saturated heterocycles. The standard InChI is InChI=1S/C18H27N3O2/c1-21(16-11-6-3-7-12-16)17(22)13-8-14-19-18(23)20-15-9-4-2-5-10-15/h3,6-7,11-12,15H,2,4-5,8-10,13-14H2,1H3,(H2,19,20,23). The molecule has 1 aliphatic carbocycles. The highest BCUT2D eigenvalue weighted by atomic mass is 16.2. The van der Waals surface area contributed by atoms with Gasteiger partial charge in [-0.15, -0.1) is 0 Å². The minimum Gasteiger partial charge on any atom is -0.338 e. The van der Waals surface area contributed by atoms with Crippen LogP contribution in [0.1, 0.15) is 44.9 Å². The average molecular weight is 317 g/mol. The first kappa shape index (κ1) is 17.3. The van der Waals surface area contributed by atoms with Crippen molar-refractivity contribution in [2.75, 3.05) is 18.5 Å². The third-order valence-electron chi connectivity index (χ3n) is 4.31. The van der Waals surface area contributed by atoms with E-state index in [2.05, 4.69) is 10.6 Å². The number of nitrogens with zero attached hydrogens (tertiary/aromatic N) is 1. The molecule has 1 aromatic rings. The van der Waals surface area contributed by atoms with E-state index in [0.717, 1.165) is 18.5 Å². The van der Waals surface area contributed by atoms with E-state index in [1.54, 1.807) is 11.9 Å². The summed E-state index contributed by atoms with van der Waals surface area (Å²) in [6.45, 7) is 0.521. The molecule has 2 N–H and O–H groups in total. The largest absolute Gasteiger partial charge is 0.338 e. The van der Waals surface area contributed by atoms with Crippen LogP contribution in [-0.2, 0) is 4.79 Å². The van der Waals surface area contributed by atoms with Crippen LogP contribution >= 0.6 is 0 Å². The maximum absolute atomic E-state index is 12.1. The second-order valence-electron chi connectivity index (χ2n) is 6.13. The minimum atomic E-state index is -0.110. The normalized spacial score (nSPS) is 15.0. The maximum atomic E-state index is 12.1. The van der Waals surface area contributed by atoms with Gasteiger partial charge in [0.1, 0.15) is 0 Å². The van der Waals surface area contributed by atoms with Crippen molar-refractivity contribution in [3.8, 4) is 0 Å². The third-order valence-corrected chi connectivity index (χ3v) is 4.31. The molecule has 5 heteroatoms. The molecule has 1 aliphatic rings. The topological polar surface area (TPSA) is 61.4 Å². The van der Waals surface area contributed by atoms with E-state index in [1.807, 2.05) is 30.3 Å². The first-order valence-electron chi connectivity index (χ1n) is 8.53. The zero-order valence-corrected chi connectivity index (χ0v) is 13.9. The van der Waals surface area contributed by atoms with Crippen molar-refractivity contribution in [1.82, 2.24) is 10.6 Å². The second kappa shape index (κ2) is 9.18. The van der Waals surface area contributed by atoms with Gasteiger partial charge in [0, 0.05) is 31.7 Å². The van der Waals surface area contributed by atoms with Gasteiger partial charge in [-0.2, -0.15) is 0 Å². The van der Waals surface area contributed by atoms with Gasteiger partial charge in [-0.05, 0) is 31.4 Å². The highest BCUT2D eigenvalue weighted by Gasteiger charge is 2.15. The van der Waals surface area contributed by atoms with E-state index in [9.17, 15) is 9.59 Å². The molecule has 126 valence electrons. The summed E-state index contributed by atoms with van der Waals surface area (Å²) in [4.78, 5) is 25.6. The number of para-hydroxylation sites is 1. The predicted molar refractivity (Wildman–Crippen MR) is 92.5 cm³/mol. The fraction of sp³-hybridized carbons (Fsp3) is 0.556. The van der Waals surface area contributed by atoms with Crippen molar-refractivity contribution in [3.05, 3.63) is 30.3 Å². The number of rotatable bonds is 6. The molecule has 0 atom stereocenters. The summed E-state index contributed by atoms with van der Waals surface area (Å²) in [7, 11) is 1.78. The quantitative estimate of drug-likeness (QED) is 0.792. The molecule has 5 nitrogen and oxygen atoms in total. The Hall–Kier alpha value is -2.04. The van der Waals surface area contributed by atoms with Crippen molar-refractivity contribution in [3.63, 3.8) is 0 Å². The third kappa shape index (κ3) is 5.93. The van der Waals surface area contributed by atoms with Gasteiger partial charge in [0.2, 0.25) is 5.91 Å². The van der Waals surface area contributed by atoms with Gasteiger partial charge in [-0.25, -0.2) is 4.79 Å². The number of amides is 3. The van der Waals surface area contributed by atoms with Gasteiger partial charge in [-0.1, -0.05) is 37.5 Å². The number of carbonyl (C=O) groups excluding carboxylic acids is 2. The van der Waals surface area contributed by atoms with Crippen molar-refractivity contribution in [2.45, 2.75) is 51.0 Å². The lowest BCUT2D eigenvalue weighted by molar-refractivity contribution is -0.118. The average Bonchev–Trinajstić information content (AvgIpc) is 2.59. The number of hydrogen-bond donors (Lipinski definition) is 2. The Labute approximate surface area is 138 Å². The smallest absolute Gasteiger partial charge is 0.315 e.